The highest BCUT2D eigenvalue weighted by Gasteiger charge is 2.19. The van der Waals surface area contributed by atoms with Crippen molar-refractivity contribution in [2.75, 3.05) is 19.0 Å². The van der Waals surface area contributed by atoms with E-state index in [1.54, 1.807) is 24.5 Å². The Morgan fingerprint density at radius 2 is 1.52 bits per heavy atom. The number of nitrogens with one attached hydrogen (secondary N) is 1. The maximum absolute atomic E-state index is 13.4. The molecule has 220 valence electrons. The van der Waals surface area contributed by atoms with E-state index in [1.165, 1.54) is 69.1 Å². The third-order valence-corrected chi connectivity index (χ3v) is 7.88. The fourth-order valence-corrected chi connectivity index (χ4v) is 5.45. The van der Waals surface area contributed by atoms with Gasteiger partial charge < -0.3 is 31.8 Å². The summed E-state index contributed by atoms with van der Waals surface area (Å²) in [7, 11) is 1.61. The molecule has 3 aromatic rings. The van der Waals surface area contributed by atoms with Crippen LogP contribution in [0.15, 0.2) is 54.2 Å². The van der Waals surface area contributed by atoms with Crippen molar-refractivity contribution in [2.24, 2.45) is 0 Å². The number of carbonyl (C=O) groups is 1. The maximum atomic E-state index is 13.4. The van der Waals surface area contributed by atoms with Gasteiger partial charge >= 0.3 is 0 Å². The van der Waals surface area contributed by atoms with Gasteiger partial charge in [0.2, 0.25) is 5.51 Å². The Kier molecular flexibility index (Phi) is 16.6. The number of aromatic nitrogens is 1. The van der Waals surface area contributed by atoms with Crippen molar-refractivity contribution in [1.29, 1.82) is 0 Å². The molecule has 1 N–H and O–H groups in total. The Morgan fingerprint density at radius 3 is 2.15 bits per heavy atom. The molecule has 1 heterocycles. The van der Waals surface area contributed by atoms with E-state index in [0.29, 0.717) is 30.2 Å². The second kappa shape index (κ2) is 19.7. The first-order valence-electron chi connectivity index (χ1n) is 14.8. The summed E-state index contributed by atoms with van der Waals surface area (Å²) in [5.41, 5.74) is 4.43. The molecule has 0 fully saturated rings. The molecule has 1 aromatic heterocycles. The second-order valence-corrected chi connectivity index (χ2v) is 11.4. The van der Waals surface area contributed by atoms with Crippen molar-refractivity contribution in [1.82, 2.24) is 0 Å². The lowest BCUT2D eigenvalue weighted by Crippen LogP contribution is -3.00. The number of amides is 1. The van der Waals surface area contributed by atoms with E-state index >= 15 is 0 Å². The smallest absolute Gasteiger partial charge is 0.259 e. The fourth-order valence-electron chi connectivity index (χ4n) is 4.82. The third-order valence-electron chi connectivity index (χ3n) is 7.03. The monoisotopic (exact) mass is 630 g/mol. The molecule has 0 aliphatic carbocycles. The van der Waals surface area contributed by atoms with Crippen LogP contribution in [0.4, 0.5) is 5.69 Å². The first-order chi connectivity index (χ1) is 19.1. The number of methoxy groups -OCH3 is 1. The molecule has 5 nitrogen and oxygen atoms in total. The number of unbranched alkanes of at least 4 members (excludes halogenated alkanes) is 11. The number of carbonyl (C=O) groups excluding carboxylic acids is 1. The maximum Gasteiger partial charge on any atom is 0.259 e. The first-order valence-corrected chi connectivity index (χ1v) is 15.6. The first kappa shape index (κ1) is 33.8. The summed E-state index contributed by atoms with van der Waals surface area (Å²) in [5, 5.41) is 3.11. The Morgan fingerprint density at radius 1 is 0.875 bits per heavy atom. The number of ether oxygens (including phenoxy) is 2. The molecular formula is C33H47BrN2O3S. The summed E-state index contributed by atoms with van der Waals surface area (Å²) in [6, 6.07) is 13.4. The quantitative estimate of drug-likeness (QED) is 0.136. The highest BCUT2D eigenvalue weighted by molar-refractivity contribution is 7.09. The van der Waals surface area contributed by atoms with Gasteiger partial charge in [-0.05, 0) is 31.5 Å². The van der Waals surface area contributed by atoms with Crippen LogP contribution in [0.1, 0.15) is 105 Å². The largest absolute Gasteiger partial charge is 1.00 e. The van der Waals surface area contributed by atoms with Crippen LogP contribution in [0.3, 0.4) is 0 Å². The van der Waals surface area contributed by atoms with Crippen LogP contribution >= 0.6 is 11.3 Å². The van der Waals surface area contributed by atoms with Gasteiger partial charge in [-0.25, -0.2) is 0 Å². The number of nitrogens with zero attached hydrogens (tertiary/aromatic N) is 1. The molecule has 0 saturated carbocycles. The summed E-state index contributed by atoms with van der Waals surface area (Å²) in [6.45, 7) is 5.63. The molecule has 0 unspecified atom stereocenters. The summed E-state index contributed by atoms with van der Waals surface area (Å²) < 4.78 is 13.8. The molecule has 3 rings (SSSR count). The van der Waals surface area contributed by atoms with Crippen LogP contribution in [-0.4, -0.2) is 19.6 Å². The molecule has 0 aliphatic heterocycles. The lowest BCUT2D eigenvalue weighted by Gasteiger charge is -2.16. The van der Waals surface area contributed by atoms with Crippen molar-refractivity contribution >= 4 is 22.9 Å². The van der Waals surface area contributed by atoms with Gasteiger partial charge in [0.25, 0.3) is 5.91 Å². The van der Waals surface area contributed by atoms with Crippen molar-refractivity contribution in [3.05, 3.63) is 70.2 Å². The van der Waals surface area contributed by atoms with E-state index < -0.39 is 0 Å². The molecule has 0 atom stereocenters. The Bertz CT molecular complexity index is 1130. The molecule has 0 aliphatic rings. The Hall–Kier alpha value is -2.38. The number of hydrogen-bond acceptors (Lipinski definition) is 4. The predicted molar refractivity (Wildman–Crippen MR) is 162 cm³/mol. The number of benzene rings is 2. The molecule has 1 amide bonds. The van der Waals surface area contributed by atoms with Gasteiger partial charge in [0.1, 0.15) is 0 Å². The van der Waals surface area contributed by atoms with Crippen LogP contribution in [0.25, 0.3) is 0 Å². The average Bonchev–Trinajstić information content (AvgIpc) is 3.36. The van der Waals surface area contributed by atoms with Gasteiger partial charge in [-0.15, -0.1) is 0 Å². The highest BCUT2D eigenvalue weighted by Crippen LogP contribution is 2.32. The van der Waals surface area contributed by atoms with Gasteiger partial charge in [-0.1, -0.05) is 113 Å². The lowest BCUT2D eigenvalue weighted by molar-refractivity contribution is -0.683. The number of halogens is 1. The minimum atomic E-state index is -0.197. The van der Waals surface area contributed by atoms with Crippen LogP contribution in [0.5, 0.6) is 11.5 Å². The Balaban J connectivity index is 0.00000560. The number of thiazole rings is 1. The van der Waals surface area contributed by atoms with Crippen LogP contribution in [-0.2, 0) is 6.54 Å². The molecule has 0 saturated heterocycles. The van der Waals surface area contributed by atoms with Gasteiger partial charge in [-0.2, -0.15) is 4.57 Å². The van der Waals surface area contributed by atoms with E-state index in [9.17, 15) is 4.79 Å². The van der Waals surface area contributed by atoms with E-state index in [2.05, 4.69) is 35.4 Å². The number of hydrogen-bond donors (Lipinski definition) is 1. The van der Waals surface area contributed by atoms with Crippen molar-refractivity contribution in [3.63, 3.8) is 0 Å². The molecule has 0 radical (unpaired) electrons. The van der Waals surface area contributed by atoms with Gasteiger partial charge in [0.05, 0.1) is 29.8 Å². The number of anilines is 1. The van der Waals surface area contributed by atoms with Crippen molar-refractivity contribution < 1.29 is 35.8 Å². The zero-order valence-corrected chi connectivity index (χ0v) is 27.0. The summed E-state index contributed by atoms with van der Waals surface area (Å²) in [4.78, 5) is 14.6. The zero-order chi connectivity index (χ0) is 27.7. The lowest BCUT2D eigenvalue weighted by atomic mass is 10.1. The van der Waals surface area contributed by atoms with E-state index in [4.69, 9.17) is 9.47 Å². The number of para-hydroxylation sites is 2. The predicted octanol–water partition coefficient (Wildman–Crippen LogP) is 5.74. The standard InChI is InChI=1S/C33H46N2O3S.BrH/c1-4-5-6-7-8-9-10-11-12-13-14-17-23-38-32-29(20-18-22-31(32)37-3)33(36)34-30-21-16-15-19-28(30)25-35-24-27(2)39-26-35;/h15-16,18-22,24,26H,4-14,17,23,25H2,1-3H3;1H. The van der Waals surface area contributed by atoms with Crippen LogP contribution < -0.4 is 36.3 Å². The molecule has 0 spiro atoms. The van der Waals surface area contributed by atoms with Gasteiger partial charge in [0, 0.05) is 5.56 Å². The summed E-state index contributed by atoms with van der Waals surface area (Å²) >= 11 is 1.71. The van der Waals surface area contributed by atoms with Gasteiger partial charge in [0.15, 0.2) is 24.2 Å². The Labute approximate surface area is 256 Å². The van der Waals surface area contributed by atoms with Gasteiger partial charge in [-0.3, -0.25) is 4.79 Å². The van der Waals surface area contributed by atoms with E-state index in [0.717, 1.165) is 24.1 Å². The minimum Gasteiger partial charge on any atom is -1.00 e. The summed E-state index contributed by atoms with van der Waals surface area (Å²) in [5.74, 6) is 0.901. The molecule has 0 bridgehead atoms. The minimum absolute atomic E-state index is 0. The van der Waals surface area contributed by atoms with E-state index in [1.807, 2.05) is 36.4 Å². The summed E-state index contributed by atoms with van der Waals surface area (Å²) in [6.07, 6.45) is 17.7. The zero-order valence-electron chi connectivity index (χ0n) is 24.6. The number of aryl methyl sites for hydroxylation is 1. The third kappa shape index (κ3) is 11.6. The molecule has 40 heavy (non-hydrogen) atoms. The average molecular weight is 632 g/mol. The topological polar surface area (TPSA) is 51.4 Å². The highest BCUT2D eigenvalue weighted by atomic mass is 79.9. The fraction of sp³-hybridized carbons (Fsp3) is 0.515. The molecular weight excluding hydrogens is 584 g/mol. The van der Waals surface area contributed by atoms with E-state index in [-0.39, 0.29) is 22.9 Å². The van der Waals surface area contributed by atoms with Crippen LogP contribution in [0.2, 0.25) is 0 Å². The van der Waals surface area contributed by atoms with Crippen LogP contribution in [0, 0.1) is 6.92 Å². The molecule has 7 heteroatoms. The second-order valence-electron chi connectivity index (χ2n) is 10.3. The molecule has 2 aromatic carbocycles. The SMILES string of the molecule is CCCCCCCCCCCCCCOc1c(OC)cccc1C(=O)Nc1ccccc1C[n+]1csc(C)c1.[Br-]. The normalized spacial score (nSPS) is 10.7. The number of rotatable bonds is 19. The van der Waals surface area contributed by atoms with Crippen molar-refractivity contribution in [2.45, 2.75) is 97.4 Å². The van der Waals surface area contributed by atoms with Crippen molar-refractivity contribution in [3.8, 4) is 11.5 Å².